The molecule has 0 aromatic heterocycles. The van der Waals surface area contributed by atoms with Crippen molar-refractivity contribution in [3.63, 3.8) is 0 Å². The van der Waals surface area contributed by atoms with E-state index in [1.807, 2.05) is 0 Å². The van der Waals surface area contributed by atoms with Gasteiger partial charge in [0.25, 0.3) is 0 Å². The standard InChI is InChI=1S/C16H35NO5.H2/c1-4-16(2,3)22-15-14-21-13-11-19-8-5-7-18-10-12-20-9-6-17;/h4-15,17H2,1-3H3;1H. The maximum absolute atomic E-state index is 5.69. The Kier molecular flexibility index (Phi) is 15.5. The number of hydrogen-bond donors (Lipinski definition) is 1. The maximum atomic E-state index is 5.69. The molecule has 0 aromatic rings. The van der Waals surface area contributed by atoms with Crippen LogP contribution >= 0.6 is 0 Å². The molecule has 22 heavy (non-hydrogen) atoms. The van der Waals surface area contributed by atoms with Crippen molar-refractivity contribution in [1.29, 1.82) is 0 Å². The number of ether oxygens (including phenoxy) is 5. The molecule has 0 saturated heterocycles. The lowest BCUT2D eigenvalue weighted by Gasteiger charge is -2.23. The van der Waals surface area contributed by atoms with Crippen LogP contribution in [0.2, 0.25) is 0 Å². The molecule has 0 unspecified atom stereocenters. The molecule has 6 nitrogen and oxygen atoms in total. The van der Waals surface area contributed by atoms with Crippen LogP contribution in [0, 0.1) is 0 Å². The van der Waals surface area contributed by atoms with Crippen LogP contribution in [0.5, 0.6) is 0 Å². The molecule has 0 aliphatic rings. The summed E-state index contributed by atoms with van der Waals surface area (Å²) in [6.07, 6.45) is 1.88. The minimum atomic E-state index is -0.0603. The van der Waals surface area contributed by atoms with Gasteiger partial charge in [-0.15, -0.1) is 0 Å². The Morgan fingerprint density at radius 2 is 1.18 bits per heavy atom. The SMILES string of the molecule is CCC(C)(C)OCCOCCOCCCOCCOCCN.[HH]. The molecule has 136 valence electrons. The van der Waals surface area contributed by atoms with Crippen LogP contribution in [0.3, 0.4) is 0 Å². The zero-order valence-corrected chi connectivity index (χ0v) is 14.6. The van der Waals surface area contributed by atoms with Crippen LogP contribution in [-0.4, -0.2) is 71.6 Å². The third-order valence-corrected chi connectivity index (χ3v) is 3.16. The fraction of sp³-hybridized carbons (Fsp3) is 1.00. The second kappa shape index (κ2) is 15.6. The lowest BCUT2D eigenvalue weighted by atomic mass is 10.1. The van der Waals surface area contributed by atoms with Crippen LogP contribution < -0.4 is 5.73 Å². The highest BCUT2D eigenvalue weighted by atomic mass is 16.6. The lowest BCUT2D eigenvalue weighted by Crippen LogP contribution is -2.25. The van der Waals surface area contributed by atoms with E-state index >= 15 is 0 Å². The molecule has 0 radical (unpaired) electrons. The quantitative estimate of drug-likeness (QED) is 0.412. The maximum Gasteiger partial charge on any atom is 0.0707 e. The van der Waals surface area contributed by atoms with Crippen LogP contribution in [0.1, 0.15) is 35.0 Å². The first-order valence-corrected chi connectivity index (χ1v) is 8.27. The van der Waals surface area contributed by atoms with Gasteiger partial charge in [0.1, 0.15) is 0 Å². The molecule has 0 bridgehead atoms. The zero-order chi connectivity index (χ0) is 16.5. The van der Waals surface area contributed by atoms with Gasteiger partial charge in [0.2, 0.25) is 0 Å². The molecule has 0 saturated carbocycles. The van der Waals surface area contributed by atoms with E-state index in [1.165, 1.54) is 0 Å². The summed E-state index contributed by atoms with van der Waals surface area (Å²) in [5, 5.41) is 0. The van der Waals surface area contributed by atoms with Gasteiger partial charge in [-0.25, -0.2) is 0 Å². The largest absolute Gasteiger partial charge is 0.379 e. The Labute approximate surface area is 137 Å². The lowest BCUT2D eigenvalue weighted by molar-refractivity contribution is -0.0540. The van der Waals surface area contributed by atoms with E-state index in [1.54, 1.807) is 0 Å². The van der Waals surface area contributed by atoms with Crippen LogP contribution in [0.4, 0.5) is 0 Å². The number of nitrogens with two attached hydrogens (primary N) is 1. The molecular weight excluding hydrogens is 286 g/mol. The summed E-state index contributed by atoms with van der Waals surface area (Å²) < 4.78 is 27.2. The van der Waals surface area contributed by atoms with Crippen molar-refractivity contribution in [1.82, 2.24) is 0 Å². The summed E-state index contributed by atoms with van der Waals surface area (Å²) in [5.74, 6) is 0. The fourth-order valence-electron chi connectivity index (χ4n) is 1.47. The first kappa shape index (κ1) is 21.8. The smallest absolute Gasteiger partial charge is 0.0707 e. The Hall–Kier alpha value is -0.240. The number of rotatable bonds is 17. The van der Waals surface area contributed by atoms with E-state index in [4.69, 9.17) is 29.4 Å². The second-order valence-corrected chi connectivity index (χ2v) is 5.55. The van der Waals surface area contributed by atoms with E-state index in [9.17, 15) is 0 Å². The molecule has 0 aromatic carbocycles. The Morgan fingerprint density at radius 1 is 0.727 bits per heavy atom. The van der Waals surface area contributed by atoms with Gasteiger partial charge in [-0.05, 0) is 26.7 Å². The van der Waals surface area contributed by atoms with E-state index < -0.39 is 0 Å². The van der Waals surface area contributed by atoms with E-state index in [0.717, 1.165) is 12.8 Å². The average Bonchev–Trinajstić information content (AvgIpc) is 2.51. The minimum Gasteiger partial charge on any atom is -0.379 e. The average molecular weight is 323 g/mol. The zero-order valence-electron chi connectivity index (χ0n) is 14.6. The van der Waals surface area contributed by atoms with Gasteiger partial charge in [0, 0.05) is 21.2 Å². The Bertz CT molecular complexity index is 233. The van der Waals surface area contributed by atoms with Crippen molar-refractivity contribution in [2.45, 2.75) is 39.2 Å². The molecule has 0 atom stereocenters. The summed E-state index contributed by atoms with van der Waals surface area (Å²) in [4.78, 5) is 0. The van der Waals surface area contributed by atoms with E-state index in [0.29, 0.717) is 66.0 Å². The first-order chi connectivity index (χ1) is 10.6. The summed E-state index contributed by atoms with van der Waals surface area (Å²) in [6, 6.07) is 0. The fourth-order valence-corrected chi connectivity index (χ4v) is 1.47. The van der Waals surface area contributed by atoms with Crippen LogP contribution in [0.25, 0.3) is 0 Å². The molecule has 0 aliphatic heterocycles. The monoisotopic (exact) mass is 323 g/mol. The molecule has 0 aliphatic carbocycles. The summed E-state index contributed by atoms with van der Waals surface area (Å²) >= 11 is 0. The van der Waals surface area contributed by atoms with Gasteiger partial charge in [-0.3, -0.25) is 0 Å². The van der Waals surface area contributed by atoms with Gasteiger partial charge in [-0.2, -0.15) is 0 Å². The normalized spacial score (nSPS) is 12.0. The van der Waals surface area contributed by atoms with E-state index in [2.05, 4.69) is 20.8 Å². The van der Waals surface area contributed by atoms with Crippen molar-refractivity contribution in [3.05, 3.63) is 0 Å². The topological polar surface area (TPSA) is 72.2 Å². The number of hydrogen-bond acceptors (Lipinski definition) is 6. The molecule has 0 amide bonds. The molecule has 2 N–H and O–H groups in total. The van der Waals surface area contributed by atoms with Crippen molar-refractivity contribution in [3.8, 4) is 0 Å². The molecule has 0 fully saturated rings. The molecular formula is C16H37NO5. The van der Waals surface area contributed by atoms with Crippen molar-refractivity contribution in [2.24, 2.45) is 5.73 Å². The highest BCUT2D eigenvalue weighted by Gasteiger charge is 2.14. The second-order valence-electron chi connectivity index (χ2n) is 5.55. The van der Waals surface area contributed by atoms with Crippen molar-refractivity contribution < 1.29 is 25.1 Å². The summed E-state index contributed by atoms with van der Waals surface area (Å²) in [5.41, 5.74) is 5.24. The van der Waals surface area contributed by atoms with Gasteiger partial charge in [-0.1, -0.05) is 6.92 Å². The Morgan fingerprint density at radius 3 is 1.68 bits per heavy atom. The predicted molar refractivity (Wildman–Crippen MR) is 89.4 cm³/mol. The summed E-state index contributed by atoms with van der Waals surface area (Å²) in [7, 11) is 0. The molecule has 6 heteroatoms. The summed E-state index contributed by atoms with van der Waals surface area (Å²) in [6.45, 7) is 12.5. The van der Waals surface area contributed by atoms with Crippen molar-refractivity contribution in [2.75, 3.05) is 66.0 Å². The molecule has 0 rings (SSSR count). The van der Waals surface area contributed by atoms with Crippen LogP contribution in [0.15, 0.2) is 0 Å². The van der Waals surface area contributed by atoms with Gasteiger partial charge >= 0.3 is 0 Å². The van der Waals surface area contributed by atoms with Gasteiger partial charge < -0.3 is 29.4 Å². The Balaban J connectivity index is 0. The van der Waals surface area contributed by atoms with Gasteiger partial charge in [0.05, 0.1) is 51.8 Å². The molecule has 0 spiro atoms. The van der Waals surface area contributed by atoms with E-state index in [-0.39, 0.29) is 7.03 Å². The van der Waals surface area contributed by atoms with Gasteiger partial charge in [0.15, 0.2) is 0 Å². The van der Waals surface area contributed by atoms with Crippen molar-refractivity contribution >= 4 is 0 Å². The molecule has 0 heterocycles. The third-order valence-electron chi connectivity index (χ3n) is 3.16. The highest BCUT2D eigenvalue weighted by Crippen LogP contribution is 2.12. The third kappa shape index (κ3) is 16.1. The highest BCUT2D eigenvalue weighted by molar-refractivity contribution is 4.64. The minimum absolute atomic E-state index is 0. The predicted octanol–water partition coefficient (Wildman–Crippen LogP) is 1.85. The first-order valence-electron chi connectivity index (χ1n) is 8.27. The van der Waals surface area contributed by atoms with Crippen LogP contribution in [-0.2, 0) is 23.7 Å².